The summed E-state index contributed by atoms with van der Waals surface area (Å²) in [6.45, 7) is 1.45. The van der Waals surface area contributed by atoms with Gasteiger partial charge in [0.2, 0.25) is 0 Å². The van der Waals surface area contributed by atoms with E-state index in [1.54, 1.807) is 0 Å². The minimum atomic E-state index is -1.55. The maximum atomic E-state index is 11.5. The van der Waals surface area contributed by atoms with Gasteiger partial charge in [-0.3, -0.25) is 9.69 Å². The number of aliphatic carboxylic acids is 1. The topological polar surface area (TPSA) is 148 Å². The Kier molecular flexibility index (Phi) is 5.32. The first-order chi connectivity index (χ1) is 12.7. The molecule has 27 heavy (non-hydrogen) atoms. The second-order valence-electron chi connectivity index (χ2n) is 7.29. The SMILES string of the molecule is O=C(O)c1c(OC2CN(CC3(C(=O)O)CC3)C2)ccc(CCB(O)O)c1O. The molecule has 3 rings (SSSR count). The lowest BCUT2D eigenvalue weighted by atomic mass is 9.82. The molecule has 1 aliphatic carbocycles. The standard InChI is InChI=1S/C17H22BNO8/c20-14-10(3-6-18(25)26)1-2-12(13(14)15(21)22)27-11-7-19(8-11)9-17(4-5-17)16(23)24/h1-2,11,20,25-26H,3-9H2,(H,21,22)(H,23,24). The lowest BCUT2D eigenvalue weighted by Crippen LogP contribution is -2.56. The highest BCUT2D eigenvalue weighted by Crippen LogP contribution is 2.47. The number of ether oxygens (including phenoxy) is 1. The number of aromatic hydroxyl groups is 1. The summed E-state index contributed by atoms with van der Waals surface area (Å²) in [6, 6.07) is 2.95. The van der Waals surface area contributed by atoms with E-state index in [1.807, 2.05) is 4.90 Å². The summed E-state index contributed by atoms with van der Waals surface area (Å²) in [6.07, 6.45) is 1.14. The number of aryl methyl sites for hydroxylation is 1. The summed E-state index contributed by atoms with van der Waals surface area (Å²) in [4.78, 5) is 24.7. The van der Waals surface area contributed by atoms with Crippen LogP contribution in [0.4, 0.5) is 0 Å². The second-order valence-corrected chi connectivity index (χ2v) is 7.29. The molecule has 1 saturated carbocycles. The molecule has 0 aromatic heterocycles. The van der Waals surface area contributed by atoms with Crippen molar-refractivity contribution in [2.45, 2.75) is 31.7 Å². The smallest absolute Gasteiger partial charge is 0.451 e. The van der Waals surface area contributed by atoms with Crippen LogP contribution in [-0.2, 0) is 11.2 Å². The van der Waals surface area contributed by atoms with Gasteiger partial charge in [-0.25, -0.2) is 4.79 Å². The Bertz CT molecular complexity index is 743. The molecule has 1 saturated heterocycles. The fourth-order valence-corrected chi connectivity index (χ4v) is 3.33. The third-order valence-corrected chi connectivity index (χ3v) is 5.16. The number of rotatable bonds is 9. The van der Waals surface area contributed by atoms with Crippen molar-refractivity contribution in [3.05, 3.63) is 23.3 Å². The van der Waals surface area contributed by atoms with Crippen LogP contribution in [0.2, 0.25) is 6.32 Å². The van der Waals surface area contributed by atoms with Crippen LogP contribution in [0.3, 0.4) is 0 Å². The van der Waals surface area contributed by atoms with Crippen LogP contribution < -0.4 is 4.74 Å². The molecule has 146 valence electrons. The van der Waals surface area contributed by atoms with E-state index >= 15 is 0 Å². The summed E-state index contributed by atoms with van der Waals surface area (Å²) in [5.74, 6) is -2.53. The van der Waals surface area contributed by atoms with Crippen molar-refractivity contribution in [2.24, 2.45) is 5.41 Å². The van der Waals surface area contributed by atoms with Crippen molar-refractivity contribution in [1.29, 1.82) is 0 Å². The lowest BCUT2D eigenvalue weighted by Gasteiger charge is -2.40. The van der Waals surface area contributed by atoms with E-state index in [-0.39, 0.29) is 30.2 Å². The number of phenols is 1. The fraction of sp³-hybridized carbons (Fsp3) is 0.529. The maximum absolute atomic E-state index is 11.5. The zero-order chi connectivity index (χ0) is 19.8. The molecule has 1 heterocycles. The number of hydrogen-bond acceptors (Lipinski definition) is 7. The normalized spacial score (nSPS) is 18.6. The van der Waals surface area contributed by atoms with E-state index < -0.39 is 30.2 Å². The summed E-state index contributed by atoms with van der Waals surface area (Å²) in [5, 5.41) is 46.7. The Labute approximate surface area is 155 Å². The van der Waals surface area contributed by atoms with Crippen molar-refractivity contribution >= 4 is 19.1 Å². The van der Waals surface area contributed by atoms with Crippen LogP contribution >= 0.6 is 0 Å². The predicted molar refractivity (Wildman–Crippen MR) is 93.9 cm³/mol. The molecule has 0 unspecified atom stereocenters. The molecule has 0 atom stereocenters. The molecule has 0 bridgehead atoms. The number of likely N-dealkylation sites (tertiary alicyclic amines) is 1. The van der Waals surface area contributed by atoms with Crippen LogP contribution in [-0.4, -0.2) is 75.1 Å². The molecule has 2 fully saturated rings. The summed E-state index contributed by atoms with van der Waals surface area (Å²) in [5.41, 5.74) is -0.711. The zero-order valence-electron chi connectivity index (χ0n) is 14.7. The van der Waals surface area contributed by atoms with Gasteiger partial charge in [-0.2, -0.15) is 0 Å². The maximum Gasteiger partial charge on any atom is 0.451 e. The van der Waals surface area contributed by atoms with Crippen LogP contribution in [0.25, 0.3) is 0 Å². The highest BCUT2D eigenvalue weighted by molar-refractivity contribution is 6.41. The Morgan fingerprint density at radius 2 is 1.89 bits per heavy atom. The number of aromatic carboxylic acids is 1. The van der Waals surface area contributed by atoms with Crippen LogP contribution in [0.5, 0.6) is 11.5 Å². The largest absolute Gasteiger partial charge is 0.507 e. The van der Waals surface area contributed by atoms with Gasteiger partial charge < -0.3 is 30.1 Å². The third kappa shape index (κ3) is 4.18. The predicted octanol–water partition coefficient (Wildman–Crippen LogP) is 0.0335. The van der Waals surface area contributed by atoms with Gasteiger partial charge in [-0.15, -0.1) is 0 Å². The second kappa shape index (κ2) is 7.38. The molecular weight excluding hydrogens is 357 g/mol. The average molecular weight is 379 g/mol. The number of carboxylic acids is 2. The third-order valence-electron chi connectivity index (χ3n) is 5.16. The van der Waals surface area contributed by atoms with Crippen LogP contribution in [0, 0.1) is 5.41 Å². The van der Waals surface area contributed by atoms with E-state index in [9.17, 15) is 24.9 Å². The Morgan fingerprint density at radius 3 is 2.41 bits per heavy atom. The summed E-state index contributed by atoms with van der Waals surface area (Å²) in [7, 11) is -1.55. The monoisotopic (exact) mass is 379 g/mol. The fourth-order valence-electron chi connectivity index (χ4n) is 3.33. The van der Waals surface area contributed by atoms with Gasteiger partial charge in [0.05, 0.1) is 5.41 Å². The zero-order valence-corrected chi connectivity index (χ0v) is 14.7. The first-order valence-corrected chi connectivity index (χ1v) is 8.78. The first-order valence-electron chi connectivity index (χ1n) is 8.78. The van der Waals surface area contributed by atoms with Crippen molar-refractivity contribution < 1.29 is 39.7 Å². The lowest BCUT2D eigenvalue weighted by molar-refractivity contribution is -0.145. The van der Waals surface area contributed by atoms with E-state index in [1.165, 1.54) is 12.1 Å². The van der Waals surface area contributed by atoms with Crippen molar-refractivity contribution in [1.82, 2.24) is 4.90 Å². The number of benzene rings is 1. The minimum absolute atomic E-state index is 0.0320. The molecule has 0 spiro atoms. The number of carboxylic acid groups (broad SMARTS) is 2. The van der Waals surface area contributed by atoms with Crippen molar-refractivity contribution in [2.75, 3.05) is 19.6 Å². The first kappa shape index (κ1) is 19.5. The summed E-state index contributed by atoms with van der Waals surface area (Å²) >= 11 is 0. The molecule has 9 nitrogen and oxygen atoms in total. The number of hydrogen-bond donors (Lipinski definition) is 5. The highest BCUT2D eigenvalue weighted by atomic mass is 16.5. The molecule has 5 N–H and O–H groups in total. The Balaban J connectivity index is 1.63. The minimum Gasteiger partial charge on any atom is -0.507 e. The van der Waals surface area contributed by atoms with Gasteiger partial charge in [0.25, 0.3) is 0 Å². The van der Waals surface area contributed by atoms with E-state index in [0.29, 0.717) is 38.0 Å². The molecule has 0 radical (unpaired) electrons. The van der Waals surface area contributed by atoms with Gasteiger partial charge in [0, 0.05) is 19.6 Å². The average Bonchev–Trinajstić information content (AvgIpc) is 3.32. The molecule has 10 heteroatoms. The van der Waals surface area contributed by atoms with Gasteiger partial charge in [-0.1, -0.05) is 6.07 Å². The van der Waals surface area contributed by atoms with Gasteiger partial charge >= 0.3 is 19.1 Å². The van der Waals surface area contributed by atoms with Gasteiger partial charge in [0.1, 0.15) is 23.2 Å². The Hall–Kier alpha value is -2.30. The number of carbonyl (C=O) groups is 2. The molecule has 1 aliphatic heterocycles. The summed E-state index contributed by atoms with van der Waals surface area (Å²) < 4.78 is 5.70. The number of nitrogens with zero attached hydrogens (tertiary/aromatic N) is 1. The molecule has 1 aromatic carbocycles. The van der Waals surface area contributed by atoms with Gasteiger partial charge in [-0.05, 0) is 37.2 Å². The van der Waals surface area contributed by atoms with E-state index in [0.717, 1.165) is 0 Å². The van der Waals surface area contributed by atoms with Crippen LogP contribution in [0.1, 0.15) is 28.8 Å². The van der Waals surface area contributed by atoms with Crippen molar-refractivity contribution in [3.8, 4) is 11.5 Å². The van der Waals surface area contributed by atoms with Crippen molar-refractivity contribution in [3.63, 3.8) is 0 Å². The van der Waals surface area contributed by atoms with E-state index in [4.69, 9.17) is 14.8 Å². The van der Waals surface area contributed by atoms with Gasteiger partial charge in [0.15, 0.2) is 0 Å². The van der Waals surface area contributed by atoms with E-state index in [2.05, 4.69) is 0 Å². The van der Waals surface area contributed by atoms with Crippen LogP contribution in [0.15, 0.2) is 12.1 Å². The Morgan fingerprint density at radius 1 is 1.22 bits per heavy atom. The molecule has 1 aromatic rings. The quantitative estimate of drug-likeness (QED) is 0.375. The molecule has 0 amide bonds. The molecular formula is C17H22BNO8. The highest BCUT2D eigenvalue weighted by Gasteiger charge is 2.52. The molecule has 2 aliphatic rings.